The van der Waals surface area contributed by atoms with Crippen LogP contribution in [0.5, 0.6) is 0 Å². The molecule has 1 aromatic rings. The largest absolute Gasteiger partial charge is 0.469 e. The highest BCUT2D eigenvalue weighted by atomic mass is 16.5. The summed E-state index contributed by atoms with van der Waals surface area (Å²) in [6.07, 6.45) is 2.29. The normalized spacial score (nSPS) is 14.5. The SMILES string of the molecule is COC(=O)CCN(C(=O)c1ccc(C(C)(C)C)cc1)C1CC1. The Labute approximate surface area is 132 Å². The number of nitrogens with zero attached hydrogens (tertiary/aromatic N) is 1. The zero-order valence-electron chi connectivity index (χ0n) is 13.9. The average molecular weight is 303 g/mol. The van der Waals surface area contributed by atoms with Crippen molar-refractivity contribution in [1.29, 1.82) is 0 Å². The van der Waals surface area contributed by atoms with Gasteiger partial charge in [-0.3, -0.25) is 9.59 Å². The molecule has 120 valence electrons. The lowest BCUT2D eigenvalue weighted by atomic mass is 9.86. The smallest absolute Gasteiger partial charge is 0.307 e. The van der Waals surface area contributed by atoms with Crippen molar-refractivity contribution in [3.05, 3.63) is 35.4 Å². The van der Waals surface area contributed by atoms with Crippen molar-refractivity contribution in [3.63, 3.8) is 0 Å². The summed E-state index contributed by atoms with van der Waals surface area (Å²) in [6, 6.07) is 8.07. The number of carbonyl (C=O) groups is 2. The zero-order valence-corrected chi connectivity index (χ0v) is 13.9. The average Bonchev–Trinajstić information content (AvgIpc) is 3.31. The number of hydrogen-bond acceptors (Lipinski definition) is 3. The van der Waals surface area contributed by atoms with Gasteiger partial charge in [0.05, 0.1) is 13.5 Å². The van der Waals surface area contributed by atoms with E-state index in [0.29, 0.717) is 12.1 Å². The molecular weight excluding hydrogens is 278 g/mol. The number of carbonyl (C=O) groups excluding carboxylic acids is 2. The maximum atomic E-state index is 12.7. The van der Waals surface area contributed by atoms with Gasteiger partial charge in [-0.15, -0.1) is 0 Å². The van der Waals surface area contributed by atoms with E-state index in [9.17, 15) is 9.59 Å². The molecule has 0 aliphatic heterocycles. The molecule has 1 fully saturated rings. The van der Waals surface area contributed by atoms with Crippen LogP contribution in [0, 0.1) is 0 Å². The van der Waals surface area contributed by atoms with Gasteiger partial charge in [-0.2, -0.15) is 0 Å². The van der Waals surface area contributed by atoms with Gasteiger partial charge in [-0.1, -0.05) is 32.9 Å². The van der Waals surface area contributed by atoms with Crippen molar-refractivity contribution in [2.45, 2.75) is 51.5 Å². The first-order valence-electron chi connectivity index (χ1n) is 7.81. The lowest BCUT2D eigenvalue weighted by molar-refractivity contribution is -0.140. The first-order chi connectivity index (χ1) is 10.3. The lowest BCUT2D eigenvalue weighted by Crippen LogP contribution is -2.35. The fourth-order valence-electron chi connectivity index (χ4n) is 2.43. The van der Waals surface area contributed by atoms with E-state index < -0.39 is 0 Å². The van der Waals surface area contributed by atoms with Crippen LogP contribution in [0.15, 0.2) is 24.3 Å². The summed E-state index contributed by atoms with van der Waals surface area (Å²) in [7, 11) is 1.37. The highest BCUT2D eigenvalue weighted by Gasteiger charge is 2.33. The number of ether oxygens (including phenoxy) is 1. The van der Waals surface area contributed by atoms with Crippen LogP contribution in [0.2, 0.25) is 0 Å². The number of benzene rings is 1. The molecule has 1 aliphatic carbocycles. The number of rotatable bonds is 5. The molecule has 22 heavy (non-hydrogen) atoms. The van der Waals surface area contributed by atoms with Gasteiger partial charge in [0, 0.05) is 18.2 Å². The first kappa shape index (κ1) is 16.5. The summed E-state index contributed by atoms with van der Waals surface area (Å²) < 4.78 is 4.66. The Bertz CT molecular complexity index is 538. The van der Waals surface area contributed by atoms with Crippen molar-refractivity contribution in [2.24, 2.45) is 0 Å². The maximum Gasteiger partial charge on any atom is 0.307 e. The molecule has 4 nitrogen and oxygen atoms in total. The van der Waals surface area contributed by atoms with E-state index in [1.165, 1.54) is 12.7 Å². The van der Waals surface area contributed by atoms with Gasteiger partial charge in [-0.25, -0.2) is 0 Å². The number of amides is 1. The highest BCUT2D eigenvalue weighted by molar-refractivity contribution is 5.94. The molecule has 0 aromatic heterocycles. The van der Waals surface area contributed by atoms with Crippen LogP contribution in [0.4, 0.5) is 0 Å². The quantitative estimate of drug-likeness (QED) is 0.785. The topological polar surface area (TPSA) is 46.6 Å². The molecule has 0 unspecified atom stereocenters. The summed E-state index contributed by atoms with van der Waals surface area (Å²) in [6.45, 7) is 6.88. The monoisotopic (exact) mass is 303 g/mol. The Morgan fingerprint density at radius 3 is 2.23 bits per heavy atom. The van der Waals surface area contributed by atoms with E-state index in [2.05, 4.69) is 25.5 Å². The van der Waals surface area contributed by atoms with Crippen LogP contribution in [-0.2, 0) is 14.9 Å². The van der Waals surface area contributed by atoms with Crippen molar-refractivity contribution in [2.75, 3.05) is 13.7 Å². The molecule has 1 saturated carbocycles. The van der Waals surface area contributed by atoms with Gasteiger partial charge < -0.3 is 9.64 Å². The number of esters is 1. The van der Waals surface area contributed by atoms with Crippen LogP contribution in [-0.4, -0.2) is 36.5 Å². The zero-order chi connectivity index (χ0) is 16.3. The van der Waals surface area contributed by atoms with Crippen LogP contribution in [0.1, 0.15) is 56.0 Å². The van der Waals surface area contributed by atoms with Crippen molar-refractivity contribution in [1.82, 2.24) is 4.90 Å². The van der Waals surface area contributed by atoms with Gasteiger partial charge in [0.15, 0.2) is 0 Å². The van der Waals surface area contributed by atoms with Gasteiger partial charge in [0.1, 0.15) is 0 Å². The Morgan fingerprint density at radius 1 is 1.18 bits per heavy atom. The molecule has 0 spiro atoms. The Morgan fingerprint density at radius 2 is 1.77 bits per heavy atom. The summed E-state index contributed by atoms with van der Waals surface area (Å²) >= 11 is 0. The fraction of sp³-hybridized carbons (Fsp3) is 0.556. The lowest BCUT2D eigenvalue weighted by Gasteiger charge is -2.23. The minimum absolute atomic E-state index is 0.00635. The standard InChI is InChI=1S/C18H25NO3/c1-18(2,3)14-7-5-13(6-8-14)17(21)19(15-9-10-15)12-11-16(20)22-4/h5-8,15H,9-12H2,1-4H3. The molecule has 4 heteroatoms. The van der Waals surface area contributed by atoms with Crippen LogP contribution in [0.25, 0.3) is 0 Å². The minimum atomic E-state index is -0.276. The second kappa shape index (κ2) is 6.51. The maximum absolute atomic E-state index is 12.7. The summed E-state index contributed by atoms with van der Waals surface area (Å²) in [4.78, 5) is 25.8. The third-order valence-electron chi connectivity index (χ3n) is 4.03. The molecule has 0 radical (unpaired) electrons. The molecule has 1 aliphatic rings. The Hall–Kier alpha value is -1.84. The fourth-order valence-corrected chi connectivity index (χ4v) is 2.43. The van der Waals surface area contributed by atoms with E-state index >= 15 is 0 Å². The van der Waals surface area contributed by atoms with Crippen LogP contribution in [0.3, 0.4) is 0 Å². The second-order valence-electron chi connectivity index (χ2n) is 6.88. The number of hydrogen-bond donors (Lipinski definition) is 0. The van der Waals surface area contributed by atoms with E-state index in [4.69, 9.17) is 0 Å². The van der Waals surface area contributed by atoms with Crippen LogP contribution < -0.4 is 0 Å². The first-order valence-corrected chi connectivity index (χ1v) is 7.81. The molecule has 0 atom stereocenters. The van der Waals surface area contributed by atoms with Gasteiger partial charge in [0.25, 0.3) is 5.91 Å². The van der Waals surface area contributed by atoms with Crippen molar-refractivity contribution >= 4 is 11.9 Å². The molecule has 1 amide bonds. The van der Waals surface area contributed by atoms with E-state index in [0.717, 1.165) is 12.8 Å². The van der Waals surface area contributed by atoms with Crippen LogP contribution >= 0.6 is 0 Å². The van der Waals surface area contributed by atoms with E-state index in [1.807, 2.05) is 29.2 Å². The summed E-state index contributed by atoms with van der Waals surface area (Å²) in [5.74, 6) is -0.270. The summed E-state index contributed by atoms with van der Waals surface area (Å²) in [5, 5.41) is 0. The molecule has 2 rings (SSSR count). The molecule has 0 saturated heterocycles. The Balaban J connectivity index is 2.08. The van der Waals surface area contributed by atoms with E-state index in [1.54, 1.807) is 0 Å². The van der Waals surface area contributed by atoms with Crippen molar-refractivity contribution < 1.29 is 14.3 Å². The highest BCUT2D eigenvalue weighted by Crippen LogP contribution is 2.29. The van der Waals surface area contributed by atoms with E-state index in [-0.39, 0.29) is 29.8 Å². The Kier molecular flexibility index (Phi) is 4.89. The third-order valence-corrected chi connectivity index (χ3v) is 4.03. The third kappa shape index (κ3) is 4.09. The summed E-state index contributed by atoms with van der Waals surface area (Å²) in [5.41, 5.74) is 1.96. The van der Waals surface area contributed by atoms with Gasteiger partial charge in [-0.05, 0) is 36.0 Å². The molecule has 1 aromatic carbocycles. The molecule has 0 bridgehead atoms. The van der Waals surface area contributed by atoms with Gasteiger partial charge in [0.2, 0.25) is 0 Å². The number of methoxy groups -OCH3 is 1. The minimum Gasteiger partial charge on any atom is -0.469 e. The molecule has 0 N–H and O–H groups in total. The predicted octanol–water partition coefficient (Wildman–Crippen LogP) is 3.15. The van der Waals surface area contributed by atoms with Crippen molar-refractivity contribution in [3.8, 4) is 0 Å². The predicted molar refractivity (Wildman–Crippen MR) is 85.8 cm³/mol. The van der Waals surface area contributed by atoms with Gasteiger partial charge >= 0.3 is 5.97 Å². The molecular formula is C18H25NO3. The second-order valence-corrected chi connectivity index (χ2v) is 6.88. The molecule has 0 heterocycles.